The maximum Gasteiger partial charge on any atom is 0.317 e. The molecular formula is C15H21BrN2O2. The number of hydrogen-bond donors (Lipinski definition) is 2. The number of rotatable bonds is 3. The number of aliphatic hydroxyl groups is 1. The molecule has 2 amide bonds. The molecule has 1 aliphatic heterocycles. The van der Waals surface area contributed by atoms with Crippen molar-refractivity contribution in [2.45, 2.75) is 32.4 Å². The number of amides is 2. The van der Waals surface area contributed by atoms with E-state index in [2.05, 4.69) is 21.2 Å². The first-order valence-corrected chi connectivity index (χ1v) is 7.81. The van der Waals surface area contributed by atoms with Gasteiger partial charge in [0.05, 0.1) is 6.10 Å². The van der Waals surface area contributed by atoms with Crippen molar-refractivity contribution in [2.24, 2.45) is 5.92 Å². The van der Waals surface area contributed by atoms with Gasteiger partial charge in [0.25, 0.3) is 0 Å². The Bertz CT molecular complexity index is 465. The molecule has 1 aliphatic rings. The van der Waals surface area contributed by atoms with Crippen molar-refractivity contribution >= 4 is 22.0 Å². The zero-order valence-electron chi connectivity index (χ0n) is 11.7. The minimum atomic E-state index is -0.351. The van der Waals surface area contributed by atoms with Crippen LogP contribution in [0.4, 0.5) is 4.79 Å². The van der Waals surface area contributed by atoms with Gasteiger partial charge >= 0.3 is 6.03 Å². The van der Waals surface area contributed by atoms with Gasteiger partial charge in [0.1, 0.15) is 0 Å². The van der Waals surface area contributed by atoms with Gasteiger partial charge in [-0.2, -0.15) is 0 Å². The molecule has 0 aliphatic carbocycles. The van der Waals surface area contributed by atoms with E-state index in [0.29, 0.717) is 13.1 Å². The Labute approximate surface area is 128 Å². The molecule has 2 rings (SSSR count). The highest BCUT2D eigenvalue weighted by molar-refractivity contribution is 9.10. The highest BCUT2D eigenvalue weighted by atomic mass is 79.9. The molecule has 20 heavy (non-hydrogen) atoms. The lowest BCUT2D eigenvalue weighted by Gasteiger charge is -2.34. The van der Waals surface area contributed by atoms with Gasteiger partial charge in [0, 0.05) is 30.0 Å². The van der Waals surface area contributed by atoms with Crippen molar-refractivity contribution < 1.29 is 9.90 Å². The molecule has 1 aromatic carbocycles. The predicted octanol–water partition coefficient (Wildman–Crippen LogP) is 2.75. The molecule has 2 N–H and O–H groups in total. The first kappa shape index (κ1) is 15.3. The molecule has 0 saturated carbocycles. The average molecular weight is 341 g/mol. The van der Waals surface area contributed by atoms with Gasteiger partial charge in [-0.25, -0.2) is 4.79 Å². The Kier molecular flexibility index (Phi) is 5.43. The smallest absolute Gasteiger partial charge is 0.317 e. The highest BCUT2D eigenvalue weighted by Gasteiger charge is 2.26. The van der Waals surface area contributed by atoms with E-state index in [0.717, 1.165) is 29.4 Å². The number of nitrogens with one attached hydrogen (secondary N) is 1. The van der Waals surface area contributed by atoms with Crippen molar-refractivity contribution in [3.05, 3.63) is 34.3 Å². The Morgan fingerprint density at radius 2 is 2.40 bits per heavy atom. The molecule has 2 unspecified atom stereocenters. The molecule has 0 aromatic heterocycles. The lowest BCUT2D eigenvalue weighted by molar-refractivity contribution is 0.0738. The Morgan fingerprint density at radius 1 is 1.60 bits per heavy atom. The third kappa shape index (κ3) is 4.21. The lowest BCUT2D eigenvalue weighted by Crippen LogP contribution is -2.47. The van der Waals surface area contributed by atoms with E-state index in [1.54, 1.807) is 11.8 Å². The maximum absolute atomic E-state index is 12.1. The predicted molar refractivity (Wildman–Crippen MR) is 82.4 cm³/mol. The molecule has 1 saturated heterocycles. The van der Waals surface area contributed by atoms with Crippen LogP contribution >= 0.6 is 15.9 Å². The van der Waals surface area contributed by atoms with Gasteiger partial charge in [0.15, 0.2) is 0 Å². The van der Waals surface area contributed by atoms with Crippen LogP contribution in [0.15, 0.2) is 28.7 Å². The quantitative estimate of drug-likeness (QED) is 0.888. The number of carbonyl (C=O) groups excluding carboxylic acids is 1. The number of benzene rings is 1. The molecule has 5 heteroatoms. The van der Waals surface area contributed by atoms with Crippen molar-refractivity contribution in [1.82, 2.24) is 10.2 Å². The van der Waals surface area contributed by atoms with E-state index in [9.17, 15) is 9.90 Å². The first-order chi connectivity index (χ1) is 9.56. The van der Waals surface area contributed by atoms with E-state index in [4.69, 9.17) is 0 Å². The molecule has 1 fully saturated rings. The van der Waals surface area contributed by atoms with Crippen LogP contribution in [-0.4, -0.2) is 35.2 Å². The Hall–Kier alpha value is -1.07. The van der Waals surface area contributed by atoms with E-state index in [1.165, 1.54) is 0 Å². The van der Waals surface area contributed by atoms with Gasteiger partial charge < -0.3 is 15.3 Å². The second kappa shape index (κ2) is 7.09. The monoisotopic (exact) mass is 340 g/mol. The summed E-state index contributed by atoms with van der Waals surface area (Å²) in [6.07, 6.45) is 1.60. The van der Waals surface area contributed by atoms with Crippen LogP contribution in [0, 0.1) is 5.92 Å². The van der Waals surface area contributed by atoms with Crippen LogP contribution in [0.2, 0.25) is 0 Å². The zero-order chi connectivity index (χ0) is 14.5. The zero-order valence-corrected chi connectivity index (χ0v) is 13.3. The van der Waals surface area contributed by atoms with Crippen LogP contribution in [0.25, 0.3) is 0 Å². The van der Waals surface area contributed by atoms with E-state index in [1.807, 2.05) is 24.3 Å². The second-order valence-electron chi connectivity index (χ2n) is 5.38. The molecule has 4 nitrogen and oxygen atoms in total. The number of piperidine rings is 1. The number of nitrogens with zero attached hydrogens (tertiary/aromatic N) is 1. The molecular weight excluding hydrogens is 320 g/mol. The van der Waals surface area contributed by atoms with E-state index < -0.39 is 0 Å². The second-order valence-corrected chi connectivity index (χ2v) is 6.29. The summed E-state index contributed by atoms with van der Waals surface area (Å²) in [4.78, 5) is 14.0. The molecule has 2 atom stereocenters. The fourth-order valence-electron chi connectivity index (χ4n) is 2.52. The minimum Gasteiger partial charge on any atom is -0.393 e. The number of hydrogen-bond acceptors (Lipinski definition) is 2. The van der Waals surface area contributed by atoms with Crippen LogP contribution < -0.4 is 5.32 Å². The summed E-state index contributed by atoms with van der Waals surface area (Å²) in [7, 11) is 0. The van der Waals surface area contributed by atoms with Crippen molar-refractivity contribution in [2.75, 3.05) is 13.1 Å². The van der Waals surface area contributed by atoms with Gasteiger partial charge in [-0.15, -0.1) is 0 Å². The van der Waals surface area contributed by atoms with Crippen molar-refractivity contribution in [1.29, 1.82) is 0 Å². The van der Waals surface area contributed by atoms with Crippen LogP contribution in [-0.2, 0) is 6.54 Å². The number of likely N-dealkylation sites (tertiary alicyclic amines) is 1. The molecule has 110 valence electrons. The number of aliphatic hydroxyl groups excluding tert-OH is 1. The molecule has 1 heterocycles. The van der Waals surface area contributed by atoms with Crippen LogP contribution in [0.1, 0.15) is 25.3 Å². The molecule has 0 spiro atoms. The summed E-state index contributed by atoms with van der Waals surface area (Å²) in [5.41, 5.74) is 1.07. The van der Waals surface area contributed by atoms with Crippen molar-refractivity contribution in [3.8, 4) is 0 Å². The number of carbonyl (C=O) groups is 1. The van der Waals surface area contributed by atoms with Gasteiger partial charge in [-0.3, -0.25) is 0 Å². The normalized spacial score (nSPS) is 20.6. The van der Waals surface area contributed by atoms with Gasteiger partial charge in [-0.05, 0) is 37.5 Å². The first-order valence-electron chi connectivity index (χ1n) is 7.01. The van der Waals surface area contributed by atoms with Gasteiger partial charge in [0.2, 0.25) is 0 Å². The third-order valence-electron chi connectivity index (χ3n) is 3.76. The minimum absolute atomic E-state index is 0.0460. The van der Waals surface area contributed by atoms with Crippen molar-refractivity contribution in [3.63, 3.8) is 0 Å². The number of halogens is 1. The summed E-state index contributed by atoms with van der Waals surface area (Å²) in [6.45, 7) is 3.73. The van der Waals surface area contributed by atoms with Crippen LogP contribution in [0.3, 0.4) is 0 Å². The highest BCUT2D eigenvalue weighted by Crippen LogP contribution is 2.19. The Balaban J connectivity index is 1.85. The average Bonchev–Trinajstić information content (AvgIpc) is 2.45. The molecule has 0 radical (unpaired) electrons. The standard InChI is InChI=1S/C15H21BrN2O2/c1-11(19)13-5-3-7-18(10-13)15(20)17-9-12-4-2-6-14(16)8-12/h2,4,6,8,11,13,19H,3,5,7,9-10H2,1H3,(H,17,20). The Morgan fingerprint density at radius 3 is 3.10 bits per heavy atom. The number of urea groups is 1. The SMILES string of the molecule is CC(O)C1CCCN(C(=O)NCc2cccc(Br)c2)C1. The van der Waals surface area contributed by atoms with E-state index >= 15 is 0 Å². The van der Waals surface area contributed by atoms with E-state index in [-0.39, 0.29) is 18.1 Å². The fourth-order valence-corrected chi connectivity index (χ4v) is 2.97. The summed E-state index contributed by atoms with van der Waals surface area (Å²) in [5.74, 6) is 0.195. The summed E-state index contributed by atoms with van der Waals surface area (Å²) >= 11 is 3.42. The summed E-state index contributed by atoms with van der Waals surface area (Å²) in [6, 6.07) is 7.85. The summed E-state index contributed by atoms with van der Waals surface area (Å²) < 4.78 is 1.01. The topological polar surface area (TPSA) is 52.6 Å². The molecule has 0 bridgehead atoms. The fraction of sp³-hybridized carbons (Fsp3) is 0.533. The van der Waals surface area contributed by atoms with Gasteiger partial charge in [-0.1, -0.05) is 28.1 Å². The lowest BCUT2D eigenvalue weighted by atomic mass is 9.94. The third-order valence-corrected chi connectivity index (χ3v) is 4.25. The van der Waals surface area contributed by atoms with Crippen LogP contribution in [0.5, 0.6) is 0 Å². The largest absolute Gasteiger partial charge is 0.393 e. The summed E-state index contributed by atoms with van der Waals surface area (Å²) in [5, 5.41) is 12.6. The molecule has 1 aromatic rings. The maximum atomic E-state index is 12.1.